The molecule has 5 rings (SSSR count). The standard InChI is InChI=1S/C28H22ClNO5/c1-15-7-9-20(11-16(15)2)30-25(17-5-4-6-21(13-17)34-3)24(27(32)28(30)33)26(31)23-14-18-12-19(29)8-10-22(18)35-23/h4-14,25,32H,1-3H3. The van der Waals surface area contributed by atoms with Gasteiger partial charge in [0.25, 0.3) is 5.91 Å². The van der Waals surface area contributed by atoms with Crippen LogP contribution in [0.1, 0.15) is 33.3 Å². The van der Waals surface area contributed by atoms with Crippen molar-refractivity contribution in [2.24, 2.45) is 0 Å². The zero-order chi connectivity index (χ0) is 24.9. The molecule has 6 nitrogen and oxygen atoms in total. The number of ketones is 1. The summed E-state index contributed by atoms with van der Waals surface area (Å²) in [5.41, 5.74) is 3.64. The van der Waals surface area contributed by atoms with Crippen LogP contribution >= 0.6 is 11.6 Å². The van der Waals surface area contributed by atoms with Crippen LogP contribution in [0.4, 0.5) is 5.69 Å². The Morgan fingerprint density at radius 1 is 1.03 bits per heavy atom. The van der Waals surface area contributed by atoms with Crippen LogP contribution in [0.2, 0.25) is 5.02 Å². The number of rotatable bonds is 5. The summed E-state index contributed by atoms with van der Waals surface area (Å²) in [5.74, 6) is -1.29. The second-order valence-corrected chi connectivity index (χ2v) is 8.94. The average Bonchev–Trinajstić information content (AvgIpc) is 3.39. The van der Waals surface area contributed by atoms with E-state index in [4.69, 9.17) is 20.8 Å². The van der Waals surface area contributed by atoms with Gasteiger partial charge in [-0.25, -0.2) is 0 Å². The number of anilines is 1. The Kier molecular flexibility index (Phi) is 5.61. The molecule has 0 bridgehead atoms. The minimum absolute atomic E-state index is 0.00597. The zero-order valence-corrected chi connectivity index (χ0v) is 20.1. The third-order valence-electron chi connectivity index (χ3n) is 6.33. The number of aryl methyl sites for hydroxylation is 2. The largest absolute Gasteiger partial charge is 0.503 e. The van der Waals surface area contributed by atoms with Gasteiger partial charge in [0.2, 0.25) is 5.78 Å². The van der Waals surface area contributed by atoms with Crippen molar-refractivity contribution in [3.05, 3.63) is 106 Å². The van der Waals surface area contributed by atoms with Gasteiger partial charge in [-0.1, -0.05) is 29.8 Å². The molecule has 0 radical (unpaired) electrons. The number of fused-ring (bicyclic) bond motifs is 1. The van der Waals surface area contributed by atoms with Crippen LogP contribution in [0.5, 0.6) is 5.75 Å². The fraction of sp³-hybridized carbons (Fsp3) is 0.143. The molecule has 4 aromatic rings. The highest BCUT2D eigenvalue weighted by Crippen LogP contribution is 2.43. The number of Topliss-reactive ketones (excluding diaryl/α,β-unsaturated/α-hetero) is 1. The third-order valence-corrected chi connectivity index (χ3v) is 6.57. The second-order valence-electron chi connectivity index (χ2n) is 8.51. The lowest BCUT2D eigenvalue weighted by Gasteiger charge is -2.27. The van der Waals surface area contributed by atoms with Crippen molar-refractivity contribution in [3.63, 3.8) is 0 Å². The summed E-state index contributed by atoms with van der Waals surface area (Å²) in [6, 6.07) is 18.4. The number of methoxy groups -OCH3 is 1. The topological polar surface area (TPSA) is 80.0 Å². The maximum atomic E-state index is 13.7. The van der Waals surface area contributed by atoms with Gasteiger partial charge >= 0.3 is 0 Å². The predicted molar refractivity (Wildman–Crippen MR) is 134 cm³/mol. The monoisotopic (exact) mass is 487 g/mol. The molecule has 1 unspecified atom stereocenters. The number of ether oxygens (including phenoxy) is 1. The Morgan fingerprint density at radius 3 is 2.57 bits per heavy atom. The van der Waals surface area contributed by atoms with Crippen molar-refractivity contribution in [2.75, 3.05) is 12.0 Å². The molecule has 1 aromatic heterocycles. The maximum absolute atomic E-state index is 13.7. The second kappa shape index (κ2) is 8.64. The molecule has 35 heavy (non-hydrogen) atoms. The number of furan rings is 1. The van der Waals surface area contributed by atoms with Crippen LogP contribution in [-0.4, -0.2) is 23.9 Å². The molecule has 1 atom stereocenters. The number of aliphatic hydroxyl groups is 1. The van der Waals surface area contributed by atoms with E-state index in [0.29, 0.717) is 33.0 Å². The van der Waals surface area contributed by atoms with Gasteiger partial charge in [-0.3, -0.25) is 14.5 Å². The van der Waals surface area contributed by atoms with Crippen LogP contribution in [0.15, 0.2) is 82.5 Å². The van der Waals surface area contributed by atoms with E-state index in [2.05, 4.69) is 0 Å². The van der Waals surface area contributed by atoms with Crippen LogP contribution in [0.25, 0.3) is 11.0 Å². The summed E-state index contributed by atoms with van der Waals surface area (Å²) in [5, 5.41) is 12.1. The van der Waals surface area contributed by atoms with E-state index >= 15 is 0 Å². The van der Waals surface area contributed by atoms with E-state index in [1.807, 2.05) is 26.0 Å². The quantitative estimate of drug-likeness (QED) is 0.325. The number of hydrogen-bond acceptors (Lipinski definition) is 5. The van der Waals surface area contributed by atoms with Crippen molar-refractivity contribution < 1.29 is 23.8 Å². The summed E-state index contributed by atoms with van der Waals surface area (Å²) in [6.07, 6.45) is 0. The Hall–Kier alpha value is -4.03. The first-order chi connectivity index (χ1) is 16.8. The summed E-state index contributed by atoms with van der Waals surface area (Å²) < 4.78 is 11.2. The molecule has 176 valence electrons. The van der Waals surface area contributed by atoms with Gasteiger partial charge in [-0.2, -0.15) is 0 Å². The number of aliphatic hydroxyl groups excluding tert-OH is 1. The Balaban J connectivity index is 1.68. The number of benzene rings is 3. The van der Waals surface area contributed by atoms with E-state index in [9.17, 15) is 14.7 Å². The first-order valence-electron chi connectivity index (χ1n) is 11.0. The molecule has 1 amide bonds. The van der Waals surface area contributed by atoms with Crippen LogP contribution in [0, 0.1) is 13.8 Å². The number of carbonyl (C=O) groups is 2. The SMILES string of the molecule is COc1cccc(C2C(C(=O)c3cc4cc(Cl)ccc4o3)=C(O)C(=O)N2c2ccc(C)c(C)c2)c1. The van der Waals surface area contributed by atoms with Gasteiger partial charge in [-0.05, 0) is 79.1 Å². The molecule has 7 heteroatoms. The smallest absolute Gasteiger partial charge is 0.294 e. The average molecular weight is 488 g/mol. The highest BCUT2D eigenvalue weighted by atomic mass is 35.5. The molecular weight excluding hydrogens is 466 g/mol. The number of carbonyl (C=O) groups excluding carboxylic acids is 2. The number of amides is 1. The lowest BCUT2D eigenvalue weighted by atomic mass is 9.94. The zero-order valence-electron chi connectivity index (χ0n) is 19.3. The number of hydrogen-bond donors (Lipinski definition) is 1. The van der Waals surface area contributed by atoms with E-state index in [-0.39, 0.29) is 11.3 Å². The van der Waals surface area contributed by atoms with Crippen molar-refractivity contribution in [1.29, 1.82) is 0 Å². The minimum Gasteiger partial charge on any atom is -0.503 e. The first kappa shape index (κ1) is 22.7. The van der Waals surface area contributed by atoms with E-state index in [1.54, 1.807) is 61.7 Å². The maximum Gasteiger partial charge on any atom is 0.294 e. The summed E-state index contributed by atoms with van der Waals surface area (Å²) in [4.78, 5) is 28.6. The lowest BCUT2D eigenvalue weighted by Crippen LogP contribution is -2.31. The highest BCUT2D eigenvalue weighted by molar-refractivity contribution is 6.31. The van der Waals surface area contributed by atoms with Crippen LogP contribution < -0.4 is 9.64 Å². The van der Waals surface area contributed by atoms with Crippen molar-refractivity contribution in [1.82, 2.24) is 0 Å². The van der Waals surface area contributed by atoms with Gasteiger partial charge in [0, 0.05) is 16.1 Å². The third kappa shape index (κ3) is 3.86. The molecule has 0 saturated heterocycles. The van der Waals surface area contributed by atoms with Crippen LogP contribution in [0.3, 0.4) is 0 Å². The molecule has 1 aliphatic heterocycles. The van der Waals surface area contributed by atoms with Gasteiger partial charge in [0.1, 0.15) is 11.3 Å². The minimum atomic E-state index is -0.885. The first-order valence-corrected chi connectivity index (χ1v) is 11.4. The van der Waals surface area contributed by atoms with Gasteiger partial charge < -0.3 is 14.3 Å². The number of halogens is 1. The van der Waals surface area contributed by atoms with E-state index in [0.717, 1.165) is 11.1 Å². The molecule has 0 fully saturated rings. The molecule has 0 spiro atoms. The summed E-state index contributed by atoms with van der Waals surface area (Å²) >= 11 is 6.08. The van der Waals surface area contributed by atoms with Crippen molar-refractivity contribution in [3.8, 4) is 5.75 Å². The van der Waals surface area contributed by atoms with Crippen molar-refractivity contribution in [2.45, 2.75) is 19.9 Å². The fourth-order valence-electron chi connectivity index (χ4n) is 4.36. The molecule has 1 aliphatic rings. The highest BCUT2D eigenvalue weighted by Gasteiger charge is 2.45. The van der Waals surface area contributed by atoms with Gasteiger partial charge in [0.15, 0.2) is 11.5 Å². The molecule has 3 aromatic carbocycles. The van der Waals surface area contributed by atoms with Crippen molar-refractivity contribution >= 4 is 39.9 Å². The Bertz CT molecular complexity index is 1530. The van der Waals surface area contributed by atoms with Gasteiger partial charge in [0.05, 0.1) is 18.7 Å². The molecular formula is C28H22ClNO5. The molecule has 0 saturated carbocycles. The van der Waals surface area contributed by atoms with Gasteiger partial charge in [-0.15, -0.1) is 0 Å². The Morgan fingerprint density at radius 2 is 1.83 bits per heavy atom. The molecule has 2 heterocycles. The number of nitrogens with zero attached hydrogens (tertiary/aromatic N) is 1. The summed E-state index contributed by atoms with van der Waals surface area (Å²) in [7, 11) is 1.54. The predicted octanol–water partition coefficient (Wildman–Crippen LogP) is 6.49. The molecule has 1 N–H and O–H groups in total. The lowest BCUT2D eigenvalue weighted by molar-refractivity contribution is -0.117. The van der Waals surface area contributed by atoms with E-state index < -0.39 is 23.5 Å². The normalized spacial score (nSPS) is 15.8. The molecule has 0 aliphatic carbocycles. The summed E-state index contributed by atoms with van der Waals surface area (Å²) in [6.45, 7) is 3.92. The fourth-order valence-corrected chi connectivity index (χ4v) is 4.55. The van der Waals surface area contributed by atoms with E-state index in [1.165, 1.54) is 4.90 Å². The van der Waals surface area contributed by atoms with Crippen LogP contribution in [-0.2, 0) is 4.79 Å². The Labute approximate surface area is 207 Å².